The molecule has 1 unspecified atom stereocenters. The van der Waals surface area contributed by atoms with Crippen LogP contribution in [0.3, 0.4) is 0 Å². The maximum atomic E-state index is 11.7. The van der Waals surface area contributed by atoms with Gasteiger partial charge in [-0.05, 0) is 43.3 Å². The van der Waals surface area contributed by atoms with Crippen molar-refractivity contribution in [1.29, 1.82) is 0 Å². The van der Waals surface area contributed by atoms with Crippen molar-refractivity contribution in [2.75, 3.05) is 5.32 Å². The van der Waals surface area contributed by atoms with Crippen molar-refractivity contribution in [3.05, 3.63) is 48.8 Å². The van der Waals surface area contributed by atoms with Crippen molar-refractivity contribution in [1.82, 2.24) is 10.3 Å². The van der Waals surface area contributed by atoms with Gasteiger partial charge in [0.25, 0.3) is 0 Å². The van der Waals surface area contributed by atoms with E-state index in [9.17, 15) is 4.79 Å². The number of phenolic OH excluding ortho intramolecular Hbond substituents is 1. The van der Waals surface area contributed by atoms with Gasteiger partial charge in [-0.2, -0.15) is 0 Å². The van der Waals surface area contributed by atoms with Crippen molar-refractivity contribution < 1.29 is 14.6 Å². The molecule has 20 heavy (non-hydrogen) atoms. The molecule has 1 aromatic carbocycles. The molecule has 0 aliphatic rings. The van der Waals surface area contributed by atoms with Gasteiger partial charge in [-0.25, -0.2) is 4.79 Å². The second kappa shape index (κ2) is 6.42. The second-order valence-electron chi connectivity index (χ2n) is 4.09. The minimum atomic E-state index is -0.517. The number of nitrogens with one attached hydrogen (secondary N) is 2. The largest absolute Gasteiger partial charge is 0.508 e. The van der Waals surface area contributed by atoms with Crippen LogP contribution in [-0.2, 0) is 0 Å². The molecule has 6 nitrogen and oxygen atoms in total. The first-order valence-corrected chi connectivity index (χ1v) is 6.07. The Morgan fingerprint density at radius 1 is 1.30 bits per heavy atom. The van der Waals surface area contributed by atoms with Crippen LogP contribution in [0.15, 0.2) is 48.8 Å². The second-order valence-corrected chi connectivity index (χ2v) is 4.09. The summed E-state index contributed by atoms with van der Waals surface area (Å²) in [5, 5.41) is 14.4. The summed E-state index contributed by atoms with van der Waals surface area (Å²) in [5.74, 6) is 0.712. The van der Waals surface area contributed by atoms with Crippen molar-refractivity contribution in [3.63, 3.8) is 0 Å². The first kappa shape index (κ1) is 13.7. The van der Waals surface area contributed by atoms with Gasteiger partial charge in [0.1, 0.15) is 11.5 Å². The lowest BCUT2D eigenvalue weighted by molar-refractivity contribution is 0.183. The van der Waals surface area contributed by atoms with Gasteiger partial charge in [-0.15, -0.1) is 0 Å². The van der Waals surface area contributed by atoms with E-state index in [4.69, 9.17) is 9.84 Å². The van der Waals surface area contributed by atoms with Crippen LogP contribution in [0.1, 0.15) is 6.92 Å². The molecular formula is C14H15N3O3. The van der Waals surface area contributed by atoms with Gasteiger partial charge in [0.2, 0.25) is 0 Å². The summed E-state index contributed by atoms with van der Waals surface area (Å²) in [6.45, 7) is 1.70. The minimum absolute atomic E-state index is 0.160. The molecule has 0 spiro atoms. The fourth-order valence-electron chi connectivity index (χ4n) is 1.55. The van der Waals surface area contributed by atoms with E-state index in [1.165, 1.54) is 12.1 Å². The van der Waals surface area contributed by atoms with Gasteiger partial charge >= 0.3 is 6.03 Å². The molecular weight excluding hydrogens is 258 g/mol. The zero-order valence-electron chi connectivity index (χ0n) is 10.9. The highest BCUT2D eigenvalue weighted by Crippen LogP contribution is 2.16. The Morgan fingerprint density at radius 2 is 2.05 bits per heavy atom. The SMILES string of the molecule is CC(NC(=O)Nc1cccnc1)Oc1ccc(O)cc1. The van der Waals surface area contributed by atoms with Gasteiger partial charge in [0.15, 0.2) is 6.23 Å². The first-order chi connectivity index (χ1) is 9.63. The molecule has 0 aliphatic carbocycles. The number of carbonyl (C=O) groups is 1. The Bertz CT molecular complexity index is 558. The number of benzene rings is 1. The molecule has 0 fully saturated rings. The Morgan fingerprint density at radius 3 is 2.70 bits per heavy atom. The Kier molecular flexibility index (Phi) is 4.39. The van der Waals surface area contributed by atoms with Crippen LogP contribution in [0.5, 0.6) is 11.5 Å². The highest BCUT2D eigenvalue weighted by Gasteiger charge is 2.08. The summed E-state index contributed by atoms with van der Waals surface area (Å²) in [6, 6.07) is 9.34. The first-order valence-electron chi connectivity index (χ1n) is 6.07. The number of pyridine rings is 1. The third kappa shape index (κ3) is 4.16. The van der Waals surface area contributed by atoms with E-state index in [-0.39, 0.29) is 11.8 Å². The monoisotopic (exact) mass is 273 g/mol. The number of nitrogens with zero attached hydrogens (tertiary/aromatic N) is 1. The van der Waals surface area contributed by atoms with E-state index >= 15 is 0 Å². The van der Waals surface area contributed by atoms with E-state index in [0.717, 1.165) is 0 Å². The summed E-state index contributed by atoms with van der Waals surface area (Å²) in [4.78, 5) is 15.6. The number of hydrogen-bond donors (Lipinski definition) is 3. The topological polar surface area (TPSA) is 83.5 Å². The predicted molar refractivity (Wildman–Crippen MR) is 74.6 cm³/mol. The number of phenols is 1. The van der Waals surface area contributed by atoms with E-state index in [1.807, 2.05) is 0 Å². The van der Waals surface area contributed by atoms with Crippen LogP contribution in [0.2, 0.25) is 0 Å². The number of rotatable bonds is 4. The van der Waals surface area contributed by atoms with E-state index < -0.39 is 6.23 Å². The third-order valence-electron chi connectivity index (χ3n) is 2.40. The number of ether oxygens (including phenoxy) is 1. The number of hydrogen-bond acceptors (Lipinski definition) is 4. The van der Waals surface area contributed by atoms with Crippen LogP contribution in [0.25, 0.3) is 0 Å². The lowest BCUT2D eigenvalue weighted by atomic mass is 10.3. The minimum Gasteiger partial charge on any atom is -0.508 e. The van der Waals surface area contributed by atoms with Gasteiger partial charge in [0, 0.05) is 6.20 Å². The lowest BCUT2D eigenvalue weighted by Crippen LogP contribution is -2.39. The Balaban J connectivity index is 1.83. The highest BCUT2D eigenvalue weighted by molar-refractivity contribution is 5.89. The Labute approximate surface area is 116 Å². The number of anilines is 1. The molecule has 6 heteroatoms. The maximum absolute atomic E-state index is 11.7. The number of carbonyl (C=O) groups excluding carboxylic acids is 1. The number of aromatic hydroxyl groups is 1. The van der Waals surface area contributed by atoms with Crippen LogP contribution in [-0.4, -0.2) is 22.3 Å². The molecule has 2 rings (SSSR count). The highest BCUT2D eigenvalue weighted by atomic mass is 16.5. The van der Waals surface area contributed by atoms with Crippen LogP contribution >= 0.6 is 0 Å². The molecule has 1 aromatic heterocycles. The fraction of sp³-hybridized carbons (Fsp3) is 0.143. The van der Waals surface area contributed by atoms with Crippen molar-refractivity contribution in [3.8, 4) is 11.5 Å². The van der Waals surface area contributed by atoms with E-state index in [0.29, 0.717) is 11.4 Å². The molecule has 3 N–H and O–H groups in total. The molecule has 0 aliphatic heterocycles. The Hall–Kier alpha value is -2.76. The molecule has 2 amide bonds. The van der Waals surface area contributed by atoms with Gasteiger partial charge in [-0.3, -0.25) is 4.98 Å². The predicted octanol–water partition coefficient (Wildman–Crippen LogP) is 2.33. The van der Waals surface area contributed by atoms with Crippen LogP contribution < -0.4 is 15.4 Å². The van der Waals surface area contributed by atoms with Gasteiger partial charge in [-0.1, -0.05) is 0 Å². The quantitative estimate of drug-likeness (QED) is 0.746. The zero-order chi connectivity index (χ0) is 14.4. The van der Waals surface area contributed by atoms with Crippen molar-refractivity contribution in [2.24, 2.45) is 0 Å². The molecule has 1 atom stereocenters. The normalized spacial score (nSPS) is 11.4. The summed E-state index contributed by atoms with van der Waals surface area (Å²) in [7, 11) is 0. The number of aromatic nitrogens is 1. The standard InChI is InChI=1S/C14H15N3O3/c1-10(20-13-6-4-12(18)5-7-13)16-14(19)17-11-3-2-8-15-9-11/h2-10,18H,1H3,(H2,16,17,19). The summed E-state index contributed by atoms with van der Waals surface area (Å²) < 4.78 is 5.48. The van der Waals surface area contributed by atoms with Gasteiger partial charge in [0.05, 0.1) is 11.9 Å². The van der Waals surface area contributed by atoms with Gasteiger partial charge < -0.3 is 20.5 Å². The zero-order valence-corrected chi connectivity index (χ0v) is 10.9. The van der Waals surface area contributed by atoms with Crippen LogP contribution in [0, 0.1) is 0 Å². The summed E-state index contributed by atoms with van der Waals surface area (Å²) >= 11 is 0. The smallest absolute Gasteiger partial charge is 0.322 e. The maximum Gasteiger partial charge on any atom is 0.322 e. The molecule has 0 saturated heterocycles. The number of urea groups is 1. The van der Waals surface area contributed by atoms with E-state index in [1.54, 1.807) is 43.6 Å². The molecule has 2 aromatic rings. The molecule has 0 radical (unpaired) electrons. The molecule has 1 heterocycles. The fourth-order valence-corrected chi connectivity index (χ4v) is 1.55. The molecule has 104 valence electrons. The van der Waals surface area contributed by atoms with Crippen LogP contribution in [0.4, 0.5) is 10.5 Å². The van der Waals surface area contributed by atoms with Crippen molar-refractivity contribution >= 4 is 11.7 Å². The average Bonchev–Trinajstić information content (AvgIpc) is 2.42. The molecule has 0 saturated carbocycles. The average molecular weight is 273 g/mol. The third-order valence-corrected chi connectivity index (χ3v) is 2.40. The number of amides is 2. The lowest BCUT2D eigenvalue weighted by Gasteiger charge is -2.16. The van der Waals surface area contributed by atoms with Crippen molar-refractivity contribution in [2.45, 2.75) is 13.2 Å². The summed E-state index contributed by atoms with van der Waals surface area (Å²) in [6.07, 6.45) is 2.65. The molecule has 0 bridgehead atoms. The van der Waals surface area contributed by atoms with E-state index in [2.05, 4.69) is 15.6 Å². The summed E-state index contributed by atoms with van der Waals surface area (Å²) in [5.41, 5.74) is 0.599.